The lowest BCUT2D eigenvalue weighted by molar-refractivity contribution is 0.311. The summed E-state index contributed by atoms with van der Waals surface area (Å²) in [5, 5.41) is 7.30. The highest BCUT2D eigenvalue weighted by atomic mass is 16.5. The molecule has 2 aromatic carbocycles. The van der Waals surface area contributed by atoms with E-state index >= 15 is 0 Å². The normalized spacial score (nSPS) is 22.2. The minimum absolute atomic E-state index is 0.608. The molecule has 0 amide bonds. The number of hydrogen-bond acceptors (Lipinski definition) is 3. The van der Waals surface area contributed by atoms with Crippen molar-refractivity contribution in [2.24, 2.45) is 0 Å². The van der Waals surface area contributed by atoms with Gasteiger partial charge in [0.15, 0.2) is 0 Å². The van der Waals surface area contributed by atoms with E-state index in [1.807, 2.05) is 30.3 Å². The zero-order chi connectivity index (χ0) is 16.2. The molecule has 1 saturated heterocycles. The lowest BCUT2D eigenvalue weighted by Crippen LogP contribution is -2.21. The number of aryl methyl sites for hydroxylation is 1. The number of ether oxygens (including phenoxy) is 1. The van der Waals surface area contributed by atoms with Gasteiger partial charge >= 0.3 is 0 Å². The Bertz CT molecular complexity index is 671. The number of nitrogens with one attached hydrogen (secondary N) is 2. The zero-order valence-corrected chi connectivity index (χ0v) is 14.1. The van der Waals surface area contributed by atoms with Crippen LogP contribution in [0.2, 0.25) is 0 Å². The van der Waals surface area contributed by atoms with Crippen LogP contribution in [0.3, 0.4) is 0 Å². The fraction of sp³-hybridized carbons (Fsp3) is 0.429. The van der Waals surface area contributed by atoms with Crippen molar-refractivity contribution in [2.75, 3.05) is 25.0 Å². The number of hydrogen-bond donors (Lipinski definition) is 2. The molecular weight excluding hydrogens is 296 g/mol. The van der Waals surface area contributed by atoms with E-state index in [0.717, 1.165) is 38.3 Å². The minimum Gasteiger partial charge on any atom is -0.494 e. The first-order valence-corrected chi connectivity index (χ1v) is 9.19. The average molecular weight is 322 g/mol. The Morgan fingerprint density at radius 1 is 0.958 bits per heavy atom. The van der Waals surface area contributed by atoms with Gasteiger partial charge in [0.25, 0.3) is 0 Å². The van der Waals surface area contributed by atoms with Crippen LogP contribution in [0.5, 0.6) is 5.75 Å². The van der Waals surface area contributed by atoms with E-state index in [-0.39, 0.29) is 0 Å². The second-order valence-corrected chi connectivity index (χ2v) is 6.83. The van der Waals surface area contributed by atoms with Gasteiger partial charge in [-0.3, -0.25) is 0 Å². The first kappa shape index (κ1) is 15.5. The van der Waals surface area contributed by atoms with E-state index in [1.54, 1.807) is 5.56 Å². The van der Waals surface area contributed by atoms with Gasteiger partial charge in [-0.2, -0.15) is 0 Å². The lowest BCUT2D eigenvalue weighted by Gasteiger charge is -2.18. The molecule has 0 bridgehead atoms. The summed E-state index contributed by atoms with van der Waals surface area (Å²) in [6.45, 7) is 3.03. The Hall–Kier alpha value is -2.00. The van der Waals surface area contributed by atoms with Gasteiger partial charge in [-0.15, -0.1) is 0 Å². The molecule has 0 radical (unpaired) electrons. The molecule has 4 rings (SSSR count). The molecule has 2 atom stereocenters. The molecule has 2 aliphatic rings. The molecule has 0 aliphatic carbocycles. The van der Waals surface area contributed by atoms with E-state index in [1.165, 1.54) is 24.1 Å². The van der Waals surface area contributed by atoms with Gasteiger partial charge < -0.3 is 15.4 Å². The summed E-state index contributed by atoms with van der Waals surface area (Å²) in [7, 11) is 0. The number of fused-ring (bicyclic) bond motifs is 3. The smallest absolute Gasteiger partial charge is 0.119 e. The van der Waals surface area contributed by atoms with E-state index in [9.17, 15) is 0 Å². The Morgan fingerprint density at radius 3 is 2.75 bits per heavy atom. The Morgan fingerprint density at radius 2 is 1.83 bits per heavy atom. The van der Waals surface area contributed by atoms with Crippen molar-refractivity contribution >= 4 is 5.69 Å². The van der Waals surface area contributed by atoms with Crippen LogP contribution in [0.25, 0.3) is 0 Å². The van der Waals surface area contributed by atoms with Gasteiger partial charge in [-0.1, -0.05) is 30.3 Å². The topological polar surface area (TPSA) is 33.3 Å². The van der Waals surface area contributed by atoms with Gasteiger partial charge in [0.2, 0.25) is 0 Å². The highest BCUT2D eigenvalue weighted by Gasteiger charge is 2.34. The number of anilines is 1. The molecule has 24 heavy (non-hydrogen) atoms. The summed E-state index contributed by atoms with van der Waals surface area (Å²) >= 11 is 0. The third-order valence-electron chi connectivity index (χ3n) is 5.26. The third kappa shape index (κ3) is 3.27. The molecule has 2 aromatic rings. The maximum atomic E-state index is 5.85. The SMILES string of the molecule is c1ccc(OCCCc2cccc3c2[C@@H]2CCNCC[C@@H]2N3)cc1. The fourth-order valence-corrected chi connectivity index (χ4v) is 4.12. The average Bonchev–Trinajstić information content (AvgIpc) is 2.82. The van der Waals surface area contributed by atoms with Crippen molar-refractivity contribution in [2.45, 2.75) is 37.6 Å². The van der Waals surface area contributed by atoms with Gasteiger partial charge in [0, 0.05) is 17.6 Å². The summed E-state index contributed by atoms with van der Waals surface area (Å²) in [6, 6.07) is 17.5. The maximum Gasteiger partial charge on any atom is 0.119 e. The van der Waals surface area contributed by atoms with E-state index in [2.05, 4.69) is 28.8 Å². The van der Waals surface area contributed by atoms with Crippen LogP contribution in [-0.2, 0) is 6.42 Å². The van der Waals surface area contributed by atoms with Crippen molar-refractivity contribution in [3.05, 3.63) is 59.7 Å². The van der Waals surface area contributed by atoms with E-state index in [4.69, 9.17) is 4.74 Å². The maximum absolute atomic E-state index is 5.85. The predicted octanol–water partition coefficient (Wildman–Crippen LogP) is 3.96. The Balaban J connectivity index is 1.41. The Labute approximate surface area is 144 Å². The van der Waals surface area contributed by atoms with Gasteiger partial charge in [0.1, 0.15) is 5.75 Å². The molecule has 1 fully saturated rings. The van der Waals surface area contributed by atoms with Gasteiger partial charge in [-0.05, 0) is 68.1 Å². The monoisotopic (exact) mass is 322 g/mol. The summed E-state index contributed by atoms with van der Waals surface area (Å²) in [5.74, 6) is 1.63. The second-order valence-electron chi connectivity index (χ2n) is 6.83. The van der Waals surface area contributed by atoms with Crippen LogP contribution in [0, 0.1) is 0 Å². The van der Waals surface area contributed by atoms with Crippen LogP contribution < -0.4 is 15.4 Å². The number of para-hydroxylation sites is 1. The molecule has 0 aromatic heterocycles. The van der Waals surface area contributed by atoms with Crippen LogP contribution in [0.1, 0.15) is 36.3 Å². The van der Waals surface area contributed by atoms with Crippen LogP contribution in [0.15, 0.2) is 48.5 Å². The van der Waals surface area contributed by atoms with Crippen LogP contribution in [-0.4, -0.2) is 25.7 Å². The molecule has 2 N–H and O–H groups in total. The second kappa shape index (κ2) is 7.27. The minimum atomic E-state index is 0.608. The quantitative estimate of drug-likeness (QED) is 0.818. The van der Waals surface area contributed by atoms with E-state index < -0.39 is 0 Å². The van der Waals surface area contributed by atoms with Crippen LogP contribution >= 0.6 is 0 Å². The highest BCUT2D eigenvalue weighted by Crippen LogP contribution is 2.42. The number of rotatable bonds is 5. The first-order chi connectivity index (χ1) is 11.9. The van der Waals surface area contributed by atoms with Gasteiger partial charge in [-0.25, -0.2) is 0 Å². The largest absolute Gasteiger partial charge is 0.494 e. The van der Waals surface area contributed by atoms with Crippen molar-refractivity contribution in [1.82, 2.24) is 5.32 Å². The molecule has 2 aliphatic heterocycles. The number of benzene rings is 2. The molecule has 0 spiro atoms. The molecule has 126 valence electrons. The fourth-order valence-electron chi connectivity index (χ4n) is 4.12. The van der Waals surface area contributed by atoms with Crippen molar-refractivity contribution < 1.29 is 4.74 Å². The molecular formula is C21H26N2O. The van der Waals surface area contributed by atoms with Crippen molar-refractivity contribution in [1.29, 1.82) is 0 Å². The molecule has 3 heteroatoms. The highest BCUT2D eigenvalue weighted by molar-refractivity contribution is 5.62. The van der Waals surface area contributed by atoms with Crippen molar-refractivity contribution in [3.8, 4) is 5.75 Å². The summed E-state index contributed by atoms with van der Waals surface area (Å²) in [4.78, 5) is 0. The third-order valence-corrected chi connectivity index (χ3v) is 5.26. The molecule has 2 heterocycles. The molecule has 0 saturated carbocycles. The molecule has 3 nitrogen and oxygen atoms in total. The summed E-state index contributed by atoms with van der Waals surface area (Å²) in [5.41, 5.74) is 4.45. The Kier molecular flexibility index (Phi) is 4.70. The standard InChI is InChI=1S/C21H26N2O/c1-2-8-17(9-3-1)24-15-5-7-16-6-4-10-20-21(16)18-11-13-22-14-12-19(18)23-20/h1-4,6,8-10,18-19,22-23H,5,7,11-15H2/t18-,19+/m1/s1. The first-order valence-electron chi connectivity index (χ1n) is 9.19. The van der Waals surface area contributed by atoms with E-state index in [0.29, 0.717) is 12.0 Å². The molecule has 0 unspecified atom stereocenters. The zero-order valence-electron chi connectivity index (χ0n) is 14.1. The van der Waals surface area contributed by atoms with Crippen LogP contribution in [0.4, 0.5) is 5.69 Å². The summed E-state index contributed by atoms with van der Waals surface area (Å²) < 4.78 is 5.85. The lowest BCUT2D eigenvalue weighted by atomic mass is 9.87. The van der Waals surface area contributed by atoms with Crippen molar-refractivity contribution in [3.63, 3.8) is 0 Å². The predicted molar refractivity (Wildman–Crippen MR) is 99.0 cm³/mol. The summed E-state index contributed by atoms with van der Waals surface area (Å²) in [6.07, 6.45) is 4.60. The van der Waals surface area contributed by atoms with Gasteiger partial charge in [0.05, 0.1) is 6.61 Å².